The molecule has 3 aromatic carbocycles. The lowest BCUT2D eigenvalue weighted by atomic mass is 10.2. The molecule has 0 spiro atoms. The molecule has 0 saturated carbocycles. The average Bonchev–Trinajstić information content (AvgIpc) is 2.85. The zero-order valence-electron chi connectivity index (χ0n) is 19.7. The summed E-state index contributed by atoms with van der Waals surface area (Å²) in [6.07, 6.45) is 0. The molecule has 0 N–H and O–H groups in total. The molecule has 1 amide bonds. The maximum absolute atomic E-state index is 13.1. The van der Waals surface area contributed by atoms with E-state index in [1.807, 2.05) is 6.07 Å². The first-order valence-corrected chi connectivity index (χ1v) is 14.0. The number of hydrogen-bond donors (Lipinski definition) is 0. The monoisotopic (exact) mass is 532 g/mol. The Kier molecular flexibility index (Phi) is 7.17. The van der Waals surface area contributed by atoms with Crippen LogP contribution in [-0.2, 0) is 20.1 Å². The Hall–Kier alpha value is -3.28. The molecule has 11 heteroatoms. The summed E-state index contributed by atoms with van der Waals surface area (Å²) in [5.41, 5.74) is 1.67. The molecular weight excluding hydrogens is 507 g/mol. The summed E-state index contributed by atoms with van der Waals surface area (Å²) >= 11 is 0. The van der Waals surface area contributed by atoms with Crippen LogP contribution in [0.15, 0.2) is 76.5 Å². The first-order valence-electron chi connectivity index (χ1n) is 11.1. The van der Waals surface area contributed by atoms with E-state index in [1.54, 1.807) is 26.0 Å². The molecule has 4 rings (SSSR count). The Labute approximate surface area is 210 Å². The summed E-state index contributed by atoms with van der Waals surface area (Å²) in [4.78, 5) is 14.5. The average molecular weight is 533 g/mol. The van der Waals surface area contributed by atoms with E-state index in [0.717, 1.165) is 17.7 Å². The highest BCUT2D eigenvalue weighted by Crippen LogP contribution is 2.24. The first kappa shape index (κ1) is 25.8. The number of piperazine rings is 1. The van der Waals surface area contributed by atoms with Gasteiger partial charge < -0.3 is 9.08 Å². The minimum absolute atomic E-state index is 0.00456. The summed E-state index contributed by atoms with van der Waals surface area (Å²) in [5.74, 6) is -0.760. The SMILES string of the molecule is Cc1ccc(C)c(S(=O)(=O)Oc2ccc(C(=O)N3CCN(S(=O)(=O)c4ccc(F)cc4)CC3)cc2)c1. The second-order valence-electron chi connectivity index (χ2n) is 8.48. The third-order valence-electron chi connectivity index (χ3n) is 5.90. The molecule has 0 aliphatic carbocycles. The largest absolute Gasteiger partial charge is 0.379 e. The highest BCUT2D eigenvalue weighted by Gasteiger charge is 2.30. The summed E-state index contributed by atoms with van der Waals surface area (Å²) in [5, 5.41) is 0. The Balaban J connectivity index is 1.40. The number of sulfonamides is 1. The van der Waals surface area contributed by atoms with Gasteiger partial charge in [-0.15, -0.1) is 0 Å². The van der Waals surface area contributed by atoms with Crippen LogP contribution in [0.4, 0.5) is 4.39 Å². The van der Waals surface area contributed by atoms with Gasteiger partial charge in [-0.2, -0.15) is 12.7 Å². The smallest absolute Gasteiger partial charge is 0.339 e. The van der Waals surface area contributed by atoms with Gasteiger partial charge >= 0.3 is 10.1 Å². The van der Waals surface area contributed by atoms with Gasteiger partial charge in [0.25, 0.3) is 5.91 Å². The second kappa shape index (κ2) is 10.00. The number of hydrogen-bond acceptors (Lipinski definition) is 6. The van der Waals surface area contributed by atoms with Crippen molar-refractivity contribution in [3.63, 3.8) is 0 Å². The summed E-state index contributed by atoms with van der Waals surface area (Å²) in [6, 6.07) is 15.4. The number of carbonyl (C=O) groups is 1. The van der Waals surface area contributed by atoms with Crippen LogP contribution in [0.3, 0.4) is 0 Å². The van der Waals surface area contributed by atoms with Gasteiger partial charge in [0.15, 0.2) is 0 Å². The van der Waals surface area contributed by atoms with Crippen LogP contribution in [0.2, 0.25) is 0 Å². The van der Waals surface area contributed by atoms with E-state index >= 15 is 0 Å². The molecule has 1 heterocycles. The Morgan fingerprint density at radius 2 is 1.44 bits per heavy atom. The van der Waals surface area contributed by atoms with Crippen molar-refractivity contribution >= 4 is 26.0 Å². The van der Waals surface area contributed by atoms with E-state index in [-0.39, 0.29) is 47.6 Å². The third kappa shape index (κ3) is 5.43. The minimum Gasteiger partial charge on any atom is -0.379 e. The number of halogens is 1. The summed E-state index contributed by atoms with van der Waals surface area (Å²) < 4.78 is 70.6. The zero-order valence-corrected chi connectivity index (χ0v) is 21.4. The summed E-state index contributed by atoms with van der Waals surface area (Å²) in [6.45, 7) is 4.03. The van der Waals surface area contributed by atoms with Crippen molar-refractivity contribution in [2.24, 2.45) is 0 Å². The maximum Gasteiger partial charge on any atom is 0.339 e. The van der Waals surface area contributed by atoms with E-state index in [1.165, 1.54) is 45.6 Å². The fourth-order valence-electron chi connectivity index (χ4n) is 3.87. The van der Waals surface area contributed by atoms with E-state index in [9.17, 15) is 26.0 Å². The van der Waals surface area contributed by atoms with Gasteiger partial charge in [-0.1, -0.05) is 12.1 Å². The Morgan fingerprint density at radius 3 is 2.06 bits per heavy atom. The van der Waals surface area contributed by atoms with Crippen LogP contribution >= 0.6 is 0 Å². The topological polar surface area (TPSA) is 101 Å². The van der Waals surface area contributed by atoms with Crippen LogP contribution < -0.4 is 4.18 Å². The molecule has 8 nitrogen and oxygen atoms in total. The van der Waals surface area contributed by atoms with Gasteiger partial charge in [-0.05, 0) is 79.6 Å². The number of rotatable bonds is 6. The van der Waals surface area contributed by atoms with Crippen molar-refractivity contribution in [3.8, 4) is 5.75 Å². The van der Waals surface area contributed by atoms with Crippen LogP contribution in [0.25, 0.3) is 0 Å². The number of carbonyl (C=O) groups excluding carboxylic acids is 1. The molecule has 36 heavy (non-hydrogen) atoms. The van der Waals surface area contributed by atoms with E-state index < -0.39 is 26.0 Å². The van der Waals surface area contributed by atoms with Gasteiger partial charge in [0, 0.05) is 31.7 Å². The lowest BCUT2D eigenvalue weighted by Gasteiger charge is -2.34. The van der Waals surface area contributed by atoms with Crippen LogP contribution in [-0.4, -0.2) is 58.1 Å². The molecule has 0 atom stereocenters. The molecular formula is C25H25FN2O6S2. The normalized spacial score (nSPS) is 15.0. The molecule has 0 bridgehead atoms. The van der Waals surface area contributed by atoms with Gasteiger partial charge in [0.2, 0.25) is 10.0 Å². The predicted octanol–water partition coefficient (Wildman–Crippen LogP) is 3.36. The molecule has 190 valence electrons. The van der Waals surface area contributed by atoms with Gasteiger partial charge in [0.05, 0.1) is 4.90 Å². The van der Waals surface area contributed by atoms with Crippen LogP contribution in [0.5, 0.6) is 5.75 Å². The van der Waals surface area contributed by atoms with Crippen molar-refractivity contribution in [2.45, 2.75) is 23.6 Å². The van der Waals surface area contributed by atoms with Crippen LogP contribution in [0.1, 0.15) is 21.5 Å². The Morgan fingerprint density at radius 1 is 0.833 bits per heavy atom. The van der Waals surface area contributed by atoms with Crippen molar-refractivity contribution in [1.29, 1.82) is 0 Å². The predicted molar refractivity (Wildman–Crippen MR) is 131 cm³/mol. The van der Waals surface area contributed by atoms with Gasteiger partial charge in [0.1, 0.15) is 16.5 Å². The lowest BCUT2D eigenvalue weighted by molar-refractivity contribution is 0.0698. The molecule has 0 unspecified atom stereocenters. The lowest BCUT2D eigenvalue weighted by Crippen LogP contribution is -2.50. The fourth-order valence-corrected chi connectivity index (χ4v) is 6.54. The molecule has 3 aromatic rings. The zero-order chi connectivity index (χ0) is 26.1. The van der Waals surface area contributed by atoms with E-state index in [4.69, 9.17) is 4.18 Å². The summed E-state index contributed by atoms with van der Waals surface area (Å²) in [7, 11) is -7.83. The van der Waals surface area contributed by atoms with Gasteiger partial charge in [-0.3, -0.25) is 4.79 Å². The number of amides is 1. The molecule has 0 aromatic heterocycles. The second-order valence-corrected chi connectivity index (χ2v) is 11.9. The quantitative estimate of drug-likeness (QED) is 0.452. The van der Waals surface area contributed by atoms with Crippen molar-refractivity contribution < 1.29 is 30.2 Å². The molecule has 1 aliphatic heterocycles. The molecule has 1 aliphatic rings. The van der Waals surface area contributed by atoms with Crippen molar-refractivity contribution in [1.82, 2.24) is 9.21 Å². The maximum atomic E-state index is 13.1. The van der Waals surface area contributed by atoms with Crippen LogP contribution in [0, 0.1) is 19.7 Å². The minimum atomic E-state index is -4.04. The highest BCUT2D eigenvalue weighted by molar-refractivity contribution is 7.89. The van der Waals surface area contributed by atoms with Crippen molar-refractivity contribution in [2.75, 3.05) is 26.2 Å². The van der Waals surface area contributed by atoms with Gasteiger partial charge in [-0.25, -0.2) is 12.8 Å². The Bertz CT molecular complexity index is 1480. The van der Waals surface area contributed by atoms with E-state index in [0.29, 0.717) is 11.1 Å². The first-order chi connectivity index (χ1) is 17.0. The molecule has 0 radical (unpaired) electrons. The van der Waals surface area contributed by atoms with E-state index in [2.05, 4.69) is 0 Å². The van der Waals surface area contributed by atoms with Crippen molar-refractivity contribution in [3.05, 3.63) is 89.2 Å². The standard InChI is InChI=1S/C25H25FN2O6S2/c1-18-3-4-19(2)24(17-18)36(32,33)34-22-9-5-20(6-10-22)25(29)27-13-15-28(16-14-27)35(30,31)23-11-7-21(26)8-12-23/h3-12,17H,13-16H2,1-2H3. The number of nitrogens with zero attached hydrogens (tertiary/aromatic N) is 2. The number of aryl methyl sites for hydroxylation is 2. The molecule has 1 fully saturated rings. The molecule has 1 saturated heterocycles. The third-order valence-corrected chi connectivity index (χ3v) is 9.20. The fraction of sp³-hybridized carbons (Fsp3) is 0.240. The highest BCUT2D eigenvalue weighted by atomic mass is 32.2. The number of benzene rings is 3.